The molecule has 2 heterocycles. The van der Waals surface area contributed by atoms with Crippen molar-refractivity contribution in [3.63, 3.8) is 0 Å². The number of hydrogen-bond donors (Lipinski definition) is 2. The number of nitrogens with zero attached hydrogens (tertiary/aromatic N) is 2. The molecule has 1 unspecified atom stereocenters. The average molecular weight is 248 g/mol. The molecule has 1 aliphatic rings. The zero-order chi connectivity index (χ0) is 13.1. The predicted molar refractivity (Wildman–Crippen MR) is 72.2 cm³/mol. The van der Waals surface area contributed by atoms with Gasteiger partial charge in [-0.05, 0) is 31.4 Å². The van der Waals surface area contributed by atoms with E-state index in [0.29, 0.717) is 0 Å². The topological polar surface area (TPSA) is 75.2 Å². The zero-order valence-electron chi connectivity index (χ0n) is 10.9. The normalized spacial score (nSPS) is 18.9. The van der Waals surface area contributed by atoms with Crippen LogP contribution < -0.4 is 10.6 Å². The maximum Gasteiger partial charge on any atom is 0.139 e. The quantitative estimate of drug-likeness (QED) is 0.622. The van der Waals surface area contributed by atoms with Crippen molar-refractivity contribution >= 4 is 11.7 Å². The highest BCUT2D eigenvalue weighted by molar-refractivity contribution is 6.00. The minimum absolute atomic E-state index is 0.0646. The summed E-state index contributed by atoms with van der Waals surface area (Å²) in [6.07, 6.45) is 4.23. The van der Waals surface area contributed by atoms with E-state index in [4.69, 9.17) is 15.9 Å². The lowest BCUT2D eigenvalue weighted by atomic mass is 10.1. The maximum atomic E-state index is 7.67. The fourth-order valence-electron chi connectivity index (χ4n) is 2.35. The molecule has 0 spiro atoms. The molecule has 0 saturated carbocycles. The Morgan fingerprint density at radius 1 is 1.67 bits per heavy atom. The van der Waals surface area contributed by atoms with Gasteiger partial charge in [-0.2, -0.15) is 0 Å². The van der Waals surface area contributed by atoms with Gasteiger partial charge in [0.05, 0.1) is 11.7 Å². The standard InChI is InChI=1S/C13H20N4O/c1-9-5-6-16-13(11(9)12(14)15)17(2)8-10-4-3-7-18-10/h5-6,10H,3-4,7-8H2,1-2H3,(H3,14,15). The van der Waals surface area contributed by atoms with Gasteiger partial charge in [0.15, 0.2) is 0 Å². The van der Waals surface area contributed by atoms with E-state index in [-0.39, 0.29) is 11.9 Å². The highest BCUT2D eigenvalue weighted by Crippen LogP contribution is 2.21. The lowest BCUT2D eigenvalue weighted by Crippen LogP contribution is -2.31. The van der Waals surface area contributed by atoms with E-state index in [1.54, 1.807) is 6.20 Å². The van der Waals surface area contributed by atoms with Crippen LogP contribution >= 0.6 is 0 Å². The van der Waals surface area contributed by atoms with Crippen LogP contribution in [0.2, 0.25) is 0 Å². The number of aryl methyl sites for hydroxylation is 1. The van der Waals surface area contributed by atoms with Gasteiger partial charge in [-0.25, -0.2) is 4.98 Å². The minimum atomic E-state index is 0.0646. The largest absolute Gasteiger partial charge is 0.384 e. The summed E-state index contributed by atoms with van der Waals surface area (Å²) in [5.74, 6) is 0.827. The van der Waals surface area contributed by atoms with E-state index >= 15 is 0 Å². The van der Waals surface area contributed by atoms with Gasteiger partial charge < -0.3 is 15.4 Å². The third kappa shape index (κ3) is 2.61. The molecule has 18 heavy (non-hydrogen) atoms. The first kappa shape index (κ1) is 12.8. The van der Waals surface area contributed by atoms with Crippen molar-refractivity contribution in [2.45, 2.75) is 25.9 Å². The van der Waals surface area contributed by atoms with Gasteiger partial charge in [0.2, 0.25) is 0 Å². The summed E-state index contributed by atoms with van der Waals surface area (Å²) < 4.78 is 5.62. The summed E-state index contributed by atoms with van der Waals surface area (Å²) in [5, 5.41) is 7.67. The van der Waals surface area contributed by atoms with Crippen molar-refractivity contribution in [1.29, 1.82) is 5.41 Å². The number of aromatic nitrogens is 1. The summed E-state index contributed by atoms with van der Waals surface area (Å²) >= 11 is 0. The van der Waals surface area contributed by atoms with Gasteiger partial charge in [-0.1, -0.05) is 0 Å². The van der Waals surface area contributed by atoms with Crippen molar-refractivity contribution in [3.05, 3.63) is 23.4 Å². The first-order valence-corrected chi connectivity index (χ1v) is 6.22. The van der Waals surface area contributed by atoms with E-state index in [2.05, 4.69) is 4.98 Å². The Kier molecular flexibility index (Phi) is 3.81. The summed E-state index contributed by atoms with van der Waals surface area (Å²) in [6.45, 7) is 3.58. The Morgan fingerprint density at radius 2 is 2.44 bits per heavy atom. The van der Waals surface area contributed by atoms with Crippen molar-refractivity contribution in [2.24, 2.45) is 5.73 Å². The molecule has 2 rings (SSSR count). The molecule has 98 valence electrons. The first-order chi connectivity index (χ1) is 8.59. The van der Waals surface area contributed by atoms with Gasteiger partial charge in [0, 0.05) is 26.4 Å². The smallest absolute Gasteiger partial charge is 0.139 e. The second kappa shape index (κ2) is 5.35. The molecule has 1 aromatic rings. The van der Waals surface area contributed by atoms with Crippen molar-refractivity contribution < 1.29 is 4.74 Å². The molecular formula is C13H20N4O. The van der Waals surface area contributed by atoms with Crippen LogP contribution in [0, 0.1) is 12.3 Å². The molecule has 0 aromatic carbocycles. The second-order valence-corrected chi connectivity index (χ2v) is 4.76. The Bertz CT molecular complexity index is 441. The van der Waals surface area contributed by atoms with Gasteiger partial charge >= 0.3 is 0 Å². The number of amidine groups is 1. The van der Waals surface area contributed by atoms with Gasteiger partial charge in [0.1, 0.15) is 11.7 Å². The number of anilines is 1. The molecule has 0 bridgehead atoms. The number of pyridine rings is 1. The van der Waals surface area contributed by atoms with Crippen LogP contribution in [0.4, 0.5) is 5.82 Å². The van der Waals surface area contributed by atoms with Gasteiger partial charge in [-0.15, -0.1) is 0 Å². The van der Waals surface area contributed by atoms with E-state index in [1.807, 2.05) is 24.9 Å². The number of nitrogens with one attached hydrogen (secondary N) is 1. The highest BCUT2D eigenvalue weighted by atomic mass is 16.5. The lowest BCUT2D eigenvalue weighted by Gasteiger charge is -2.24. The van der Waals surface area contributed by atoms with Crippen LogP contribution in [0.1, 0.15) is 24.0 Å². The Hall–Kier alpha value is -1.62. The van der Waals surface area contributed by atoms with Crippen LogP contribution in [-0.4, -0.2) is 37.1 Å². The summed E-state index contributed by atoms with van der Waals surface area (Å²) in [6, 6.07) is 1.88. The van der Waals surface area contributed by atoms with Crippen molar-refractivity contribution in [1.82, 2.24) is 4.98 Å². The number of likely N-dealkylation sites (N-methyl/N-ethyl adjacent to an activating group) is 1. The number of nitrogens with two attached hydrogens (primary N) is 1. The fraction of sp³-hybridized carbons (Fsp3) is 0.538. The van der Waals surface area contributed by atoms with Crippen LogP contribution in [0.3, 0.4) is 0 Å². The zero-order valence-corrected chi connectivity index (χ0v) is 10.9. The first-order valence-electron chi connectivity index (χ1n) is 6.22. The molecule has 1 aromatic heterocycles. The second-order valence-electron chi connectivity index (χ2n) is 4.76. The average Bonchev–Trinajstić information content (AvgIpc) is 2.80. The number of hydrogen-bond acceptors (Lipinski definition) is 4. The molecule has 5 nitrogen and oxygen atoms in total. The number of rotatable bonds is 4. The molecule has 0 amide bonds. The molecule has 3 N–H and O–H groups in total. The third-order valence-corrected chi connectivity index (χ3v) is 3.27. The minimum Gasteiger partial charge on any atom is -0.384 e. The van der Waals surface area contributed by atoms with E-state index in [9.17, 15) is 0 Å². The monoisotopic (exact) mass is 248 g/mol. The fourth-order valence-corrected chi connectivity index (χ4v) is 2.35. The molecule has 1 saturated heterocycles. The number of nitrogen functional groups attached to an aromatic ring is 1. The van der Waals surface area contributed by atoms with Crippen LogP contribution in [0.5, 0.6) is 0 Å². The summed E-state index contributed by atoms with van der Waals surface area (Å²) in [4.78, 5) is 6.38. The van der Waals surface area contributed by atoms with E-state index in [1.165, 1.54) is 0 Å². The Morgan fingerprint density at radius 3 is 3.06 bits per heavy atom. The molecule has 1 atom stereocenters. The van der Waals surface area contributed by atoms with E-state index in [0.717, 1.165) is 42.9 Å². The lowest BCUT2D eigenvalue weighted by molar-refractivity contribution is 0.116. The van der Waals surface area contributed by atoms with Crippen molar-refractivity contribution in [2.75, 3.05) is 25.1 Å². The van der Waals surface area contributed by atoms with Crippen molar-refractivity contribution in [3.8, 4) is 0 Å². The van der Waals surface area contributed by atoms with Crippen LogP contribution in [-0.2, 0) is 4.74 Å². The number of ether oxygens (including phenoxy) is 1. The molecule has 0 aliphatic carbocycles. The van der Waals surface area contributed by atoms with Crippen LogP contribution in [0.25, 0.3) is 0 Å². The van der Waals surface area contributed by atoms with Crippen LogP contribution in [0.15, 0.2) is 12.3 Å². The molecular weight excluding hydrogens is 228 g/mol. The molecule has 1 aliphatic heterocycles. The Labute approximate surface area is 107 Å². The SMILES string of the molecule is Cc1ccnc(N(C)CC2CCCO2)c1C(=N)N. The predicted octanol–water partition coefficient (Wildman–Crippen LogP) is 1.29. The Balaban J connectivity index is 2.20. The van der Waals surface area contributed by atoms with Gasteiger partial charge in [-0.3, -0.25) is 5.41 Å². The summed E-state index contributed by atoms with van der Waals surface area (Å²) in [7, 11) is 1.97. The summed E-state index contributed by atoms with van der Waals surface area (Å²) in [5.41, 5.74) is 7.35. The van der Waals surface area contributed by atoms with Gasteiger partial charge in [0.25, 0.3) is 0 Å². The molecule has 1 fully saturated rings. The maximum absolute atomic E-state index is 7.67. The molecule has 0 radical (unpaired) electrons. The third-order valence-electron chi connectivity index (χ3n) is 3.27. The highest BCUT2D eigenvalue weighted by Gasteiger charge is 2.20. The van der Waals surface area contributed by atoms with E-state index < -0.39 is 0 Å². The molecule has 5 heteroatoms.